The Bertz CT molecular complexity index is 1070. The van der Waals surface area contributed by atoms with Crippen LogP contribution in [0, 0.1) is 5.82 Å². The summed E-state index contributed by atoms with van der Waals surface area (Å²) in [5.74, 6) is 0.991. The molecule has 0 spiro atoms. The fourth-order valence-corrected chi connectivity index (χ4v) is 3.21. The lowest BCUT2D eigenvalue weighted by Gasteiger charge is -2.02. The van der Waals surface area contributed by atoms with Crippen molar-refractivity contribution in [1.29, 1.82) is 0 Å². The molecule has 0 bridgehead atoms. The molecule has 2 aromatic heterocycles. The molecular formula is C18H13FN4OS. The van der Waals surface area contributed by atoms with Gasteiger partial charge in [0.1, 0.15) is 16.6 Å². The fraction of sp³-hybridized carbons (Fsp3) is 0.0556. The van der Waals surface area contributed by atoms with E-state index < -0.39 is 0 Å². The second-order valence-electron chi connectivity index (χ2n) is 5.24. The molecule has 0 atom stereocenters. The summed E-state index contributed by atoms with van der Waals surface area (Å²) >= 11 is 1.41. The second kappa shape index (κ2) is 6.45. The average Bonchev–Trinajstić information content (AvgIpc) is 3.20. The molecule has 0 saturated heterocycles. The van der Waals surface area contributed by atoms with Crippen molar-refractivity contribution in [1.82, 2.24) is 19.8 Å². The molecule has 0 aliphatic heterocycles. The van der Waals surface area contributed by atoms with Crippen LogP contribution in [-0.4, -0.2) is 26.9 Å². The molecular weight excluding hydrogens is 339 g/mol. The lowest BCUT2D eigenvalue weighted by molar-refractivity contribution is 0.414. The minimum Gasteiger partial charge on any atom is -0.496 e. The maximum Gasteiger partial charge on any atom is 0.235 e. The summed E-state index contributed by atoms with van der Waals surface area (Å²) < 4.78 is 20.4. The maximum absolute atomic E-state index is 13.4. The standard InChI is InChI=1S/C18H13FN4OS/c1-24-15-8-3-2-5-12(15)9-10-16-22-23-17(20-21-18(23)25-16)13-6-4-7-14(19)11-13/h2-11H,1H3/b10-9+. The van der Waals surface area contributed by atoms with Gasteiger partial charge in [0.05, 0.1) is 7.11 Å². The largest absolute Gasteiger partial charge is 0.496 e. The van der Waals surface area contributed by atoms with Gasteiger partial charge in [0.2, 0.25) is 4.96 Å². The van der Waals surface area contributed by atoms with Crippen molar-refractivity contribution in [3.8, 4) is 17.1 Å². The second-order valence-corrected chi connectivity index (χ2v) is 6.23. The van der Waals surface area contributed by atoms with E-state index in [0.29, 0.717) is 16.3 Å². The lowest BCUT2D eigenvalue weighted by atomic mass is 10.2. The van der Waals surface area contributed by atoms with E-state index in [1.807, 2.05) is 36.4 Å². The first-order valence-electron chi connectivity index (χ1n) is 7.54. The zero-order valence-corrected chi connectivity index (χ0v) is 14.1. The third-order valence-corrected chi connectivity index (χ3v) is 4.50. The van der Waals surface area contributed by atoms with E-state index in [1.54, 1.807) is 23.8 Å². The van der Waals surface area contributed by atoms with Gasteiger partial charge in [0, 0.05) is 11.1 Å². The summed E-state index contributed by atoms with van der Waals surface area (Å²) in [6.45, 7) is 0. The van der Waals surface area contributed by atoms with Crippen LogP contribution >= 0.6 is 11.3 Å². The zero-order valence-electron chi connectivity index (χ0n) is 13.3. The first kappa shape index (κ1) is 15.5. The Morgan fingerprint density at radius 1 is 1.08 bits per heavy atom. The van der Waals surface area contributed by atoms with E-state index in [2.05, 4.69) is 15.3 Å². The topological polar surface area (TPSA) is 52.3 Å². The van der Waals surface area contributed by atoms with Gasteiger partial charge in [-0.2, -0.15) is 9.61 Å². The van der Waals surface area contributed by atoms with E-state index >= 15 is 0 Å². The van der Waals surface area contributed by atoms with Crippen molar-refractivity contribution in [3.63, 3.8) is 0 Å². The number of nitrogens with zero attached hydrogens (tertiary/aromatic N) is 4. The number of aromatic nitrogens is 4. The SMILES string of the molecule is COc1ccccc1/C=C/c1nn2c(-c3cccc(F)c3)nnc2s1. The third-order valence-electron chi connectivity index (χ3n) is 3.63. The summed E-state index contributed by atoms with van der Waals surface area (Å²) in [6.07, 6.45) is 3.83. The number of benzene rings is 2. The summed E-state index contributed by atoms with van der Waals surface area (Å²) in [4.78, 5) is 0.652. The van der Waals surface area contributed by atoms with E-state index in [-0.39, 0.29) is 5.82 Å². The smallest absolute Gasteiger partial charge is 0.235 e. The van der Waals surface area contributed by atoms with Crippen LogP contribution < -0.4 is 4.74 Å². The number of methoxy groups -OCH3 is 1. The van der Waals surface area contributed by atoms with Gasteiger partial charge in [-0.3, -0.25) is 0 Å². The van der Waals surface area contributed by atoms with Crippen molar-refractivity contribution in [3.05, 3.63) is 64.9 Å². The van der Waals surface area contributed by atoms with Crippen LogP contribution in [0.4, 0.5) is 4.39 Å². The third kappa shape index (κ3) is 3.01. The molecule has 124 valence electrons. The van der Waals surface area contributed by atoms with Crippen molar-refractivity contribution < 1.29 is 9.13 Å². The first-order chi connectivity index (χ1) is 12.2. The summed E-state index contributed by atoms with van der Waals surface area (Å²) in [7, 11) is 1.64. The number of hydrogen-bond acceptors (Lipinski definition) is 5. The zero-order chi connectivity index (χ0) is 17.2. The molecule has 0 aliphatic carbocycles. The molecule has 5 nitrogen and oxygen atoms in total. The Labute approximate surface area is 147 Å². The van der Waals surface area contributed by atoms with Crippen LogP contribution in [0.25, 0.3) is 28.5 Å². The van der Waals surface area contributed by atoms with Crippen molar-refractivity contribution in [2.45, 2.75) is 0 Å². The number of ether oxygens (including phenoxy) is 1. The molecule has 7 heteroatoms. The average molecular weight is 352 g/mol. The normalized spacial score (nSPS) is 11.4. The molecule has 4 rings (SSSR count). The van der Waals surface area contributed by atoms with Crippen molar-refractivity contribution >= 4 is 28.4 Å². The summed E-state index contributed by atoms with van der Waals surface area (Å²) in [5, 5.41) is 13.5. The summed E-state index contributed by atoms with van der Waals surface area (Å²) in [5.41, 5.74) is 1.60. The highest BCUT2D eigenvalue weighted by Crippen LogP contribution is 2.24. The highest BCUT2D eigenvalue weighted by atomic mass is 32.1. The number of hydrogen-bond donors (Lipinski definition) is 0. The van der Waals surface area contributed by atoms with Gasteiger partial charge in [-0.05, 0) is 30.4 Å². The Hall–Kier alpha value is -3.06. The van der Waals surface area contributed by atoms with E-state index in [9.17, 15) is 4.39 Å². The van der Waals surface area contributed by atoms with Gasteiger partial charge in [-0.15, -0.1) is 10.2 Å². The van der Waals surface area contributed by atoms with Crippen LogP contribution in [0.5, 0.6) is 5.75 Å². The number of rotatable bonds is 4. The van der Waals surface area contributed by atoms with Gasteiger partial charge < -0.3 is 4.74 Å². The molecule has 2 heterocycles. The minimum absolute atomic E-state index is 0.319. The van der Waals surface area contributed by atoms with Crippen molar-refractivity contribution in [2.75, 3.05) is 7.11 Å². The monoisotopic (exact) mass is 352 g/mol. The number of fused-ring (bicyclic) bond motifs is 1. The molecule has 0 N–H and O–H groups in total. The molecule has 0 aliphatic rings. The highest BCUT2D eigenvalue weighted by molar-refractivity contribution is 7.17. The van der Waals surface area contributed by atoms with Crippen LogP contribution in [0.3, 0.4) is 0 Å². The Balaban J connectivity index is 1.70. The van der Waals surface area contributed by atoms with Gasteiger partial charge in [0.25, 0.3) is 0 Å². The Morgan fingerprint density at radius 2 is 1.96 bits per heavy atom. The molecule has 0 amide bonds. The van der Waals surface area contributed by atoms with Crippen LogP contribution in [0.2, 0.25) is 0 Å². The molecule has 0 saturated carbocycles. The number of halogens is 1. The highest BCUT2D eigenvalue weighted by Gasteiger charge is 2.12. The minimum atomic E-state index is -0.319. The van der Waals surface area contributed by atoms with Crippen LogP contribution in [0.1, 0.15) is 10.6 Å². The maximum atomic E-state index is 13.4. The Morgan fingerprint density at radius 3 is 2.80 bits per heavy atom. The van der Waals surface area contributed by atoms with Crippen LogP contribution in [-0.2, 0) is 0 Å². The van der Waals surface area contributed by atoms with Crippen LogP contribution in [0.15, 0.2) is 48.5 Å². The molecule has 0 fully saturated rings. The summed E-state index contributed by atoms with van der Waals surface area (Å²) in [6, 6.07) is 14.0. The van der Waals surface area contributed by atoms with Gasteiger partial charge >= 0.3 is 0 Å². The van der Waals surface area contributed by atoms with Crippen molar-refractivity contribution in [2.24, 2.45) is 0 Å². The fourth-order valence-electron chi connectivity index (χ4n) is 2.47. The quantitative estimate of drug-likeness (QED) is 0.553. The lowest BCUT2D eigenvalue weighted by Crippen LogP contribution is -1.91. The van der Waals surface area contributed by atoms with Gasteiger partial charge in [-0.1, -0.05) is 41.7 Å². The predicted octanol–water partition coefficient (Wildman–Crippen LogP) is 4.17. The predicted molar refractivity (Wildman–Crippen MR) is 96.0 cm³/mol. The first-order valence-corrected chi connectivity index (χ1v) is 8.35. The molecule has 4 aromatic rings. The van der Waals surface area contributed by atoms with Gasteiger partial charge in [0.15, 0.2) is 5.82 Å². The number of para-hydroxylation sites is 1. The molecule has 0 radical (unpaired) electrons. The van der Waals surface area contributed by atoms with E-state index in [1.165, 1.54) is 23.5 Å². The van der Waals surface area contributed by atoms with Gasteiger partial charge in [-0.25, -0.2) is 4.39 Å². The Kier molecular flexibility index (Phi) is 3.99. The van der Waals surface area contributed by atoms with E-state index in [4.69, 9.17) is 4.74 Å². The molecule has 0 unspecified atom stereocenters. The molecule has 2 aromatic carbocycles. The molecule has 25 heavy (non-hydrogen) atoms. The van der Waals surface area contributed by atoms with E-state index in [0.717, 1.165) is 16.3 Å².